The van der Waals surface area contributed by atoms with E-state index in [0.29, 0.717) is 11.5 Å². The summed E-state index contributed by atoms with van der Waals surface area (Å²) in [5, 5.41) is 21.3. The summed E-state index contributed by atoms with van der Waals surface area (Å²) >= 11 is 0. The number of nitro groups is 1. The van der Waals surface area contributed by atoms with E-state index in [-0.39, 0.29) is 17.1 Å². The lowest BCUT2D eigenvalue weighted by atomic mass is 10.2. The van der Waals surface area contributed by atoms with Crippen LogP contribution in [-0.2, 0) is 0 Å². The first-order valence-electron chi connectivity index (χ1n) is 7.47. The number of nitro benzene ring substituents is 1. The van der Waals surface area contributed by atoms with Crippen LogP contribution >= 0.6 is 0 Å². The standard InChI is InChI=1S/C16H14N6O4/c1-10-17-7-8-21(10)15-6-5-13(19-20-15)16(23)18-12-4-3-11(22(24)25)9-14(12)26-2/h3-9H,1-2H3,(H,18,23). The quantitative estimate of drug-likeness (QED) is 0.549. The smallest absolute Gasteiger partial charge is 0.276 e. The summed E-state index contributed by atoms with van der Waals surface area (Å²) in [7, 11) is 1.36. The van der Waals surface area contributed by atoms with Crippen LogP contribution < -0.4 is 10.1 Å². The first-order chi connectivity index (χ1) is 12.5. The molecule has 10 nitrogen and oxygen atoms in total. The van der Waals surface area contributed by atoms with Crippen LogP contribution in [-0.4, -0.2) is 37.7 Å². The van der Waals surface area contributed by atoms with Gasteiger partial charge in [-0.3, -0.25) is 19.5 Å². The number of amides is 1. The molecule has 1 N–H and O–H groups in total. The van der Waals surface area contributed by atoms with Gasteiger partial charge >= 0.3 is 0 Å². The van der Waals surface area contributed by atoms with Crippen molar-refractivity contribution >= 4 is 17.3 Å². The minimum Gasteiger partial charge on any atom is -0.494 e. The highest BCUT2D eigenvalue weighted by atomic mass is 16.6. The number of rotatable bonds is 5. The van der Waals surface area contributed by atoms with Crippen LogP contribution in [0.3, 0.4) is 0 Å². The molecule has 3 rings (SSSR count). The Kier molecular flexibility index (Phi) is 4.56. The highest BCUT2D eigenvalue weighted by Crippen LogP contribution is 2.29. The van der Waals surface area contributed by atoms with Crippen LogP contribution in [0.4, 0.5) is 11.4 Å². The molecule has 0 radical (unpaired) electrons. The Hall–Kier alpha value is -3.82. The predicted molar refractivity (Wildman–Crippen MR) is 91.5 cm³/mol. The number of anilines is 1. The lowest BCUT2D eigenvalue weighted by molar-refractivity contribution is -0.384. The Morgan fingerprint density at radius 3 is 2.65 bits per heavy atom. The van der Waals surface area contributed by atoms with E-state index in [1.165, 1.54) is 31.4 Å². The highest BCUT2D eigenvalue weighted by Gasteiger charge is 2.15. The molecule has 0 aliphatic heterocycles. The van der Waals surface area contributed by atoms with Gasteiger partial charge < -0.3 is 10.1 Å². The zero-order chi connectivity index (χ0) is 18.7. The Morgan fingerprint density at radius 2 is 2.08 bits per heavy atom. The number of hydrogen-bond donors (Lipinski definition) is 1. The van der Waals surface area contributed by atoms with Crippen molar-refractivity contribution in [1.82, 2.24) is 19.7 Å². The van der Waals surface area contributed by atoms with Crippen LogP contribution in [0.5, 0.6) is 5.75 Å². The molecule has 1 amide bonds. The van der Waals surface area contributed by atoms with E-state index >= 15 is 0 Å². The summed E-state index contributed by atoms with van der Waals surface area (Å²) in [5.41, 5.74) is 0.242. The molecule has 0 unspecified atom stereocenters. The number of carbonyl (C=O) groups is 1. The number of imidazole rings is 1. The fraction of sp³-hybridized carbons (Fsp3) is 0.125. The molecular formula is C16H14N6O4. The molecule has 1 aromatic carbocycles. The summed E-state index contributed by atoms with van der Waals surface area (Å²) in [5.74, 6) is 0.932. The molecule has 2 heterocycles. The van der Waals surface area contributed by atoms with E-state index < -0.39 is 10.8 Å². The molecule has 0 bridgehead atoms. The van der Waals surface area contributed by atoms with Gasteiger partial charge in [0.2, 0.25) is 0 Å². The van der Waals surface area contributed by atoms with Gasteiger partial charge in [0.15, 0.2) is 11.5 Å². The van der Waals surface area contributed by atoms with Crippen molar-refractivity contribution < 1.29 is 14.5 Å². The topological polar surface area (TPSA) is 125 Å². The predicted octanol–water partition coefficient (Wildman–Crippen LogP) is 2.14. The summed E-state index contributed by atoms with van der Waals surface area (Å²) < 4.78 is 6.82. The SMILES string of the molecule is COc1cc([N+](=O)[O-])ccc1NC(=O)c1ccc(-n2ccnc2C)nn1. The molecule has 0 aliphatic rings. The number of nitrogens with one attached hydrogen (secondary N) is 1. The van der Waals surface area contributed by atoms with Crippen LogP contribution in [0, 0.1) is 17.0 Å². The third kappa shape index (κ3) is 3.34. The first-order valence-corrected chi connectivity index (χ1v) is 7.47. The van der Waals surface area contributed by atoms with Crippen LogP contribution in [0.1, 0.15) is 16.3 Å². The monoisotopic (exact) mass is 354 g/mol. The lowest BCUT2D eigenvalue weighted by Gasteiger charge is -2.09. The lowest BCUT2D eigenvalue weighted by Crippen LogP contribution is -2.15. The number of aromatic nitrogens is 4. The van der Waals surface area contributed by atoms with Crippen molar-refractivity contribution in [3.8, 4) is 11.6 Å². The maximum Gasteiger partial charge on any atom is 0.276 e. The van der Waals surface area contributed by atoms with E-state index in [1.54, 1.807) is 23.0 Å². The van der Waals surface area contributed by atoms with E-state index in [1.807, 2.05) is 6.92 Å². The second-order valence-corrected chi connectivity index (χ2v) is 5.22. The maximum atomic E-state index is 12.3. The van der Waals surface area contributed by atoms with Crippen LogP contribution in [0.15, 0.2) is 42.7 Å². The van der Waals surface area contributed by atoms with Crippen molar-refractivity contribution in [1.29, 1.82) is 0 Å². The van der Waals surface area contributed by atoms with E-state index in [4.69, 9.17) is 4.74 Å². The van der Waals surface area contributed by atoms with Gasteiger partial charge in [0.1, 0.15) is 11.6 Å². The van der Waals surface area contributed by atoms with Gasteiger partial charge in [0.25, 0.3) is 11.6 Å². The molecule has 0 aliphatic carbocycles. The summed E-state index contributed by atoms with van der Waals surface area (Å²) in [6.45, 7) is 1.82. The Balaban J connectivity index is 1.80. The van der Waals surface area contributed by atoms with Gasteiger partial charge in [0, 0.05) is 18.5 Å². The molecule has 10 heteroatoms. The number of hydrogen-bond acceptors (Lipinski definition) is 7. The van der Waals surface area contributed by atoms with E-state index in [0.717, 1.165) is 5.82 Å². The van der Waals surface area contributed by atoms with Crippen LogP contribution in [0.2, 0.25) is 0 Å². The molecule has 0 saturated carbocycles. The molecule has 0 saturated heterocycles. The number of benzene rings is 1. The van der Waals surface area contributed by atoms with Gasteiger partial charge in [-0.2, -0.15) is 0 Å². The number of ether oxygens (including phenoxy) is 1. The molecule has 2 aromatic heterocycles. The fourth-order valence-electron chi connectivity index (χ4n) is 2.28. The molecule has 26 heavy (non-hydrogen) atoms. The molecule has 0 fully saturated rings. The van der Waals surface area contributed by atoms with E-state index in [2.05, 4.69) is 20.5 Å². The Labute approximate surface area is 147 Å². The van der Waals surface area contributed by atoms with Crippen LogP contribution in [0.25, 0.3) is 5.82 Å². The second-order valence-electron chi connectivity index (χ2n) is 5.22. The number of carbonyl (C=O) groups excluding carboxylic acids is 1. The van der Waals surface area contributed by atoms with Gasteiger partial charge in [-0.15, -0.1) is 10.2 Å². The van der Waals surface area contributed by atoms with E-state index in [9.17, 15) is 14.9 Å². The Bertz CT molecular complexity index is 967. The molecule has 3 aromatic rings. The van der Waals surface area contributed by atoms with Gasteiger partial charge in [0.05, 0.1) is 23.8 Å². The van der Waals surface area contributed by atoms with Gasteiger partial charge in [-0.1, -0.05) is 0 Å². The Morgan fingerprint density at radius 1 is 1.27 bits per heavy atom. The van der Waals surface area contributed by atoms with Crippen molar-refractivity contribution in [2.24, 2.45) is 0 Å². The number of aryl methyl sites for hydroxylation is 1. The molecular weight excluding hydrogens is 340 g/mol. The molecule has 132 valence electrons. The van der Waals surface area contributed by atoms with Crippen molar-refractivity contribution in [3.63, 3.8) is 0 Å². The summed E-state index contributed by atoms with van der Waals surface area (Å²) in [6, 6.07) is 7.06. The zero-order valence-electron chi connectivity index (χ0n) is 13.9. The van der Waals surface area contributed by atoms with Gasteiger partial charge in [-0.05, 0) is 25.1 Å². The first kappa shape index (κ1) is 17.0. The average molecular weight is 354 g/mol. The third-order valence-corrected chi connectivity index (χ3v) is 3.60. The summed E-state index contributed by atoms with van der Waals surface area (Å²) in [6.07, 6.45) is 3.37. The second kappa shape index (κ2) is 6.97. The zero-order valence-corrected chi connectivity index (χ0v) is 13.9. The fourth-order valence-corrected chi connectivity index (χ4v) is 2.28. The van der Waals surface area contributed by atoms with Crippen molar-refractivity contribution in [2.75, 3.05) is 12.4 Å². The number of non-ortho nitro benzene ring substituents is 1. The molecule has 0 spiro atoms. The summed E-state index contributed by atoms with van der Waals surface area (Å²) in [4.78, 5) is 26.7. The minimum atomic E-state index is -0.545. The maximum absolute atomic E-state index is 12.3. The number of nitrogens with zero attached hydrogens (tertiary/aromatic N) is 5. The average Bonchev–Trinajstić information content (AvgIpc) is 3.08. The van der Waals surface area contributed by atoms with Gasteiger partial charge in [-0.25, -0.2) is 4.98 Å². The van der Waals surface area contributed by atoms with Crippen molar-refractivity contribution in [2.45, 2.75) is 6.92 Å². The highest BCUT2D eigenvalue weighted by molar-refractivity contribution is 6.03. The van der Waals surface area contributed by atoms with Crippen molar-refractivity contribution in [3.05, 3.63) is 64.4 Å². The minimum absolute atomic E-state index is 0.0897. The normalized spacial score (nSPS) is 10.4. The third-order valence-electron chi connectivity index (χ3n) is 3.60. The largest absolute Gasteiger partial charge is 0.494 e. The number of methoxy groups -OCH3 is 1. The molecule has 0 atom stereocenters.